The molecule has 0 saturated heterocycles. The van der Waals surface area contributed by atoms with Gasteiger partial charge in [-0.05, 0) is 6.92 Å². The molecule has 0 fully saturated rings. The second-order valence-corrected chi connectivity index (χ2v) is 4.34. The molecule has 0 atom stereocenters. The molecule has 100 valence electrons. The van der Waals surface area contributed by atoms with Gasteiger partial charge in [-0.25, -0.2) is 0 Å². The molecule has 0 amide bonds. The maximum Gasteiger partial charge on any atom is 1.00 e. The molecule has 0 aliphatic rings. The number of benzene rings is 1. The SMILES string of the molecule is COCC[O][Al+][O]CCOC.Cc1ccccc1.[Na+]. The molecule has 0 unspecified atom stereocenters. The molecule has 0 spiro atoms. The van der Waals surface area contributed by atoms with Crippen LogP contribution in [0.5, 0.6) is 0 Å². The van der Waals surface area contributed by atoms with Crippen LogP contribution in [-0.4, -0.2) is 56.5 Å². The van der Waals surface area contributed by atoms with Crippen LogP contribution in [0.2, 0.25) is 0 Å². The molecule has 6 heteroatoms. The van der Waals surface area contributed by atoms with Crippen molar-refractivity contribution >= 4 is 15.9 Å². The van der Waals surface area contributed by atoms with Crippen molar-refractivity contribution in [1.29, 1.82) is 0 Å². The van der Waals surface area contributed by atoms with Gasteiger partial charge in [-0.15, -0.1) is 0 Å². The van der Waals surface area contributed by atoms with E-state index in [1.165, 1.54) is 5.56 Å². The average molecular weight is 292 g/mol. The number of hydrogen-bond acceptors (Lipinski definition) is 4. The predicted molar refractivity (Wildman–Crippen MR) is 72.6 cm³/mol. The zero-order chi connectivity index (χ0) is 13.5. The fourth-order valence-electron chi connectivity index (χ4n) is 0.942. The summed E-state index contributed by atoms with van der Waals surface area (Å²) in [5, 5.41) is 0. The van der Waals surface area contributed by atoms with Gasteiger partial charge in [0.15, 0.2) is 0 Å². The Kier molecular flexibility index (Phi) is 21.4. The maximum atomic E-state index is 5.10. The van der Waals surface area contributed by atoms with E-state index in [1.54, 1.807) is 14.2 Å². The second kappa shape index (κ2) is 18.6. The van der Waals surface area contributed by atoms with Crippen molar-refractivity contribution in [1.82, 2.24) is 0 Å². The van der Waals surface area contributed by atoms with Crippen LogP contribution in [0.25, 0.3) is 0 Å². The molecule has 0 N–H and O–H groups in total. The van der Waals surface area contributed by atoms with E-state index in [-0.39, 0.29) is 45.4 Å². The summed E-state index contributed by atoms with van der Waals surface area (Å²) in [7, 11) is 3.29. The summed E-state index contributed by atoms with van der Waals surface area (Å²) >= 11 is -0.349. The van der Waals surface area contributed by atoms with E-state index in [2.05, 4.69) is 19.1 Å². The minimum atomic E-state index is -0.349. The standard InChI is InChI=1S/C7H8.2C3H7O2.Al.Na/c1-7-5-3-2-4-6-7;2*1-5-3-2-4;;/h2-6H,1H3;2*2-3H2,1H3;;/q;2*-1;+3;+1. The Labute approximate surface area is 145 Å². The molecule has 4 nitrogen and oxygen atoms in total. The van der Waals surface area contributed by atoms with Gasteiger partial charge in [-0.3, -0.25) is 0 Å². The van der Waals surface area contributed by atoms with Gasteiger partial charge in [0.25, 0.3) is 0 Å². The first kappa shape index (κ1) is 21.9. The van der Waals surface area contributed by atoms with Crippen molar-refractivity contribution < 1.29 is 46.6 Å². The summed E-state index contributed by atoms with van der Waals surface area (Å²) < 4.78 is 19.8. The number of ether oxygens (including phenoxy) is 2. The zero-order valence-electron chi connectivity index (χ0n) is 12.4. The largest absolute Gasteiger partial charge is 1.00 e. The predicted octanol–water partition coefficient (Wildman–Crippen LogP) is -1.15. The molecular formula is C13H22AlNaO4+2. The smallest absolute Gasteiger partial charge is 0.0622 e. The molecule has 0 aliphatic heterocycles. The van der Waals surface area contributed by atoms with Gasteiger partial charge in [-0.1, -0.05) is 35.9 Å². The van der Waals surface area contributed by atoms with Crippen LogP contribution in [0, 0.1) is 6.92 Å². The van der Waals surface area contributed by atoms with Gasteiger partial charge >= 0.3 is 103 Å². The van der Waals surface area contributed by atoms with E-state index in [0.717, 1.165) is 0 Å². The zero-order valence-corrected chi connectivity index (χ0v) is 15.6. The Morgan fingerprint density at radius 3 is 1.63 bits per heavy atom. The van der Waals surface area contributed by atoms with Crippen LogP contribution in [0.3, 0.4) is 0 Å². The normalized spacial score (nSPS) is 8.79. The van der Waals surface area contributed by atoms with E-state index < -0.39 is 0 Å². The average Bonchev–Trinajstić information content (AvgIpc) is 2.39. The summed E-state index contributed by atoms with van der Waals surface area (Å²) in [5.41, 5.74) is 1.32. The summed E-state index contributed by atoms with van der Waals surface area (Å²) in [5.74, 6) is 0. The van der Waals surface area contributed by atoms with Crippen LogP contribution in [0.1, 0.15) is 5.56 Å². The minimum Gasteiger partial charge on any atom is -0.0622 e. The van der Waals surface area contributed by atoms with E-state index in [4.69, 9.17) is 17.1 Å². The Bertz CT molecular complexity index is 254. The molecule has 1 rings (SSSR count). The van der Waals surface area contributed by atoms with Gasteiger partial charge in [0.1, 0.15) is 0 Å². The van der Waals surface area contributed by atoms with Crippen molar-refractivity contribution in [3.05, 3.63) is 35.9 Å². The summed E-state index contributed by atoms with van der Waals surface area (Å²) in [4.78, 5) is 0. The van der Waals surface area contributed by atoms with E-state index in [0.29, 0.717) is 26.4 Å². The van der Waals surface area contributed by atoms with Crippen molar-refractivity contribution in [3.63, 3.8) is 0 Å². The fraction of sp³-hybridized carbons (Fsp3) is 0.538. The van der Waals surface area contributed by atoms with Crippen LogP contribution < -0.4 is 29.6 Å². The Balaban J connectivity index is 0. The third-order valence-corrected chi connectivity index (χ3v) is 2.63. The van der Waals surface area contributed by atoms with Crippen LogP contribution in [0.15, 0.2) is 30.3 Å². The molecule has 0 aliphatic carbocycles. The summed E-state index contributed by atoms with van der Waals surface area (Å²) in [6, 6.07) is 10.3. The molecule has 0 saturated carbocycles. The van der Waals surface area contributed by atoms with Crippen molar-refractivity contribution in [3.8, 4) is 0 Å². The second-order valence-electron chi connectivity index (χ2n) is 3.48. The van der Waals surface area contributed by atoms with Crippen molar-refractivity contribution in [2.75, 3.05) is 40.6 Å². The van der Waals surface area contributed by atoms with E-state index in [1.807, 2.05) is 18.2 Å². The fourth-order valence-corrected chi connectivity index (χ4v) is 1.42. The van der Waals surface area contributed by atoms with E-state index >= 15 is 0 Å². The summed E-state index contributed by atoms with van der Waals surface area (Å²) in [6.07, 6.45) is 0. The Morgan fingerprint density at radius 2 is 1.32 bits per heavy atom. The molecule has 1 aromatic rings. The number of rotatable bonds is 8. The van der Waals surface area contributed by atoms with Gasteiger partial charge < -0.3 is 0 Å². The monoisotopic (exact) mass is 292 g/mol. The van der Waals surface area contributed by atoms with E-state index in [9.17, 15) is 0 Å². The van der Waals surface area contributed by atoms with Crippen molar-refractivity contribution in [2.24, 2.45) is 0 Å². The molecule has 0 radical (unpaired) electrons. The molecular weight excluding hydrogens is 270 g/mol. The molecule has 0 heterocycles. The molecule has 0 aromatic heterocycles. The van der Waals surface area contributed by atoms with Crippen LogP contribution >= 0.6 is 0 Å². The Hall–Kier alpha value is 0.592. The van der Waals surface area contributed by atoms with Crippen molar-refractivity contribution in [2.45, 2.75) is 6.92 Å². The first-order chi connectivity index (χ1) is 8.81. The first-order valence-corrected chi connectivity index (χ1v) is 6.80. The topological polar surface area (TPSA) is 36.9 Å². The quantitative estimate of drug-likeness (QED) is 0.448. The number of hydrogen-bond donors (Lipinski definition) is 0. The third-order valence-electron chi connectivity index (χ3n) is 1.89. The van der Waals surface area contributed by atoms with Gasteiger partial charge in [0.2, 0.25) is 0 Å². The van der Waals surface area contributed by atoms with Crippen LogP contribution in [0.4, 0.5) is 0 Å². The first-order valence-electron chi connectivity index (χ1n) is 5.85. The molecule has 19 heavy (non-hydrogen) atoms. The maximum absolute atomic E-state index is 5.10. The molecule has 0 bridgehead atoms. The third kappa shape index (κ3) is 18.6. The molecule has 1 aromatic carbocycles. The van der Waals surface area contributed by atoms with Gasteiger partial charge in [0, 0.05) is 0 Å². The Morgan fingerprint density at radius 1 is 0.842 bits per heavy atom. The van der Waals surface area contributed by atoms with Gasteiger partial charge in [0.05, 0.1) is 0 Å². The van der Waals surface area contributed by atoms with Gasteiger partial charge in [-0.2, -0.15) is 0 Å². The van der Waals surface area contributed by atoms with Crippen LogP contribution in [-0.2, 0) is 17.1 Å². The summed E-state index contributed by atoms with van der Waals surface area (Å²) in [6.45, 7) is 4.55. The minimum absolute atomic E-state index is 0. The number of methoxy groups -OCH3 is 2. The number of aryl methyl sites for hydroxylation is 1.